The minimum absolute atomic E-state index is 0.403. The lowest BCUT2D eigenvalue weighted by molar-refractivity contribution is -0.140. The summed E-state index contributed by atoms with van der Waals surface area (Å²) in [5.74, 6) is -0.614. The number of hydrogen-bond donors (Lipinski definition) is 4. The molecule has 0 aliphatic carbocycles. The number of carbonyl (C=O) groups is 1. The number of nitrogens with zero attached hydrogens (tertiary/aromatic N) is 3. The van der Waals surface area contributed by atoms with Gasteiger partial charge in [0.15, 0.2) is 6.29 Å². The van der Waals surface area contributed by atoms with E-state index >= 15 is 0 Å². The molecule has 0 spiro atoms. The molecule has 1 fully saturated rings. The fraction of sp³-hybridized carbons (Fsp3) is 0.900. The van der Waals surface area contributed by atoms with Gasteiger partial charge in [0.2, 0.25) is 5.91 Å². The van der Waals surface area contributed by atoms with Crippen molar-refractivity contribution in [3.8, 4) is 0 Å². The number of carbonyl (C=O) groups excluding carboxylic acids is 1. The minimum atomic E-state index is -1.61. The van der Waals surface area contributed by atoms with Crippen LogP contribution in [0.3, 0.4) is 0 Å². The third-order valence-corrected chi connectivity index (χ3v) is 2.86. The molecule has 9 nitrogen and oxygen atoms in total. The molecule has 1 rings (SSSR count). The van der Waals surface area contributed by atoms with Crippen LogP contribution in [0.15, 0.2) is 5.11 Å². The Morgan fingerprint density at radius 1 is 1.47 bits per heavy atom. The van der Waals surface area contributed by atoms with Crippen LogP contribution < -0.4 is 5.32 Å². The van der Waals surface area contributed by atoms with E-state index in [1.807, 2.05) is 6.92 Å². The first-order valence-corrected chi connectivity index (χ1v) is 6.04. The van der Waals surface area contributed by atoms with Gasteiger partial charge in [0, 0.05) is 11.5 Å². The topological polar surface area (TPSA) is 148 Å². The highest BCUT2D eigenvalue weighted by atomic mass is 16.6. The summed E-state index contributed by atoms with van der Waals surface area (Å²) in [6.45, 7) is 2.36. The summed E-state index contributed by atoms with van der Waals surface area (Å²) >= 11 is 0. The fourth-order valence-corrected chi connectivity index (χ4v) is 1.76. The van der Waals surface area contributed by atoms with Crippen LogP contribution in [0.5, 0.6) is 0 Å². The van der Waals surface area contributed by atoms with E-state index in [0.29, 0.717) is 6.54 Å². The fourth-order valence-electron chi connectivity index (χ4n) is 1.76. The first-order chi connectivity index (χ1) is 9.02. The number of hydrogen-bond acceptors (Lipinski definition) is 6. The first kappa shape index (κ1) is 15.7. The smallest absolute Gasteiger partial charge is 0.231 e. The first-order valence-electron chi connectivity index (χ1n) is 6.04. The van der Waals surface area contributed by atoms with Crippen LogP contribution in [0.2, 0.25) is 0 Å². The summed E-state index contributed by atoms with van der Waals surface area (Å²) in [6.07, 6.45) is -4.28. The SMILES string of the molecule is CCCCNC(=O)[C@H](N=[N+]=[N-])[C@H]1OC(O)[C@H](O)[C@H]1O. The van der Waals surface area contributed by atoms with E-state index in [9.17, 15) is 20.1 Å². The molecular weight excluding hydrogens is 256 g/mol. The second-order valence-corrected chi connectivity index (χ2v) is 4.27. The number of unbranched alkanes of at least 4 members (excludes halogenated alkanes) is 1. The van der Waals surface area contributed by atoms with Crippen LogP contribution in [0.25, 0.3) is 10.4 Å². The van der Waals surface area contributed by atoms with Gasteiger partial charge in [-0.2, -0.15) is 0 Å². The predicted molar refractivity (Wildman–Crippen MR) is 63.7 cm³/mol. The third kappa shape index (κ3) is 3.79. The van der Waals surface area contributed by atoms with Gasteiger partial charge in [0.25, 0.3) is 0 Å². The molecule has 1 aliphatic rings. The third-order valence-electron chi connectivity index (χ3n) is 2.86. The number of ether oxygens (including phenoxy) is 1. The molecule has 1 amide bonds. The molecule has 4 N–H and O–H groups in total. The molecule has 1 unspecified atom stereocenters. The Labute approximate surface area is 109 Å². The minimum Gasteiger partial charge on any atom is -0.387 e. The van der Waals surface area contributed by atoms with Gasteiger partial charge in [-0.25, -0.2) is 0 Å². The van der Waals surface area contributed by atoms with Crippen molar-refractivity contribution < 1.29 is 24.9 Å². The molecule has 0 bridgehead atoms. The average Bonchev–Trinajstić information content (AvgIpc) is 2.64. The Morgan fingerprint density at radius 3 is 2.63 bits per heavy atom. The summed E-state index contributed by atoms with van der Waals surface area (Å²) in [7, 11) is 0. The van der Waals surface area contributed by atoms with Crippen LogP contribution in [-0.4, -0.2) is 58.4 Å². The van der Waals surface area contributed by atoms with E-state index in [1.54, 1.807) is 0 Å². The summed E-state index contributed by atoms with van der Waals surface area (Å²) in [6, 6.07) is -1.34. The van der Waals surface area contributed by atoms with E-state index in [4.69, 9.17) is 10.3 Å². The molecule has 0 saturated carbocycles. The molecule has 1 aliphatic heterocycles. The lowest BCUT2D eigenvalue weighted by Crippen LogP contribution is -2.46. The number of aliphatic hydroxyl groups excluding tert-OH is 3. The molecule has 0 radical (unpaired) electrons. The van der Waals surface area contributed by atoms with Gasteiger partial charge in [-0.15, -0.1) is 0 Å². The zero-order valence-corrected chi connectivity index (χ0v) is 10.5. The van der Waals surface area contributed by atoms with Crippen molar-refractivity contribution in [2.75, 3.05) is 6.54 Å². The molecule has 1 heterocycles. The van der Waals surface area contributed by atoms with Gasteiger partial charge in [0.05, 0.1) is 0 Å². The molecule has 0 aromatic heterocycles. The zero-order chi connectivity index (χ0) is 14.4. The van der Waals surface area contributed by atoms with E-state index < -0.39 is 36.6 Å². The average molecular weight is 274 g/mol. The van der Waals surface area contributed by atoms with Crippen LogP contribution in [0.1, 0.15) is 19.8 Å². The quantitative estimate of drug-likeness (QED) is 0.213. The van der Waals surface area contributed by atoms with E-state index in [1.165, 1.54) is 0 Å². The van der Waals surface area contributed by atoms with Crippen molar-refractivity contribution in [3.63, 3.8) is 0 Å². The van der Waals surface area contributed by atoms with Crippen molar-refractivity contribution in [3.05, 3.63) is 10.4 Å². The molecule has 1 saturated heterocycles. The van der Waals surface area contributed by atoms with Crippen LogP contribution in [0, 0.1) is 0 Å². The molecule has 108 valence electrons. The van der Waals surface area contributed by atoms with E-state index in [2.05, 4.69) is 15.3 Å². The Bertz CT molecular complexity index is 360. The number of azide groups is 1. The van der Waals surface area contributed by atoms with Gasteiger partial charge in [-0.1, -0.05) is 18.5 Å². The maximum atomic E-state index is 11.8. The van der Waals surface area contributed by atoms with Gasteiger partial charge >= 0.3 is 0 Å². The van der Waals surface area contributed by atoms with Crippen molar-refractivity contribution >= 4 is 5.91 Å². The Kier molecular flexibility index (Phi) is 6.00. The highest BCUT2D eigenvalue weighted by Gasteiger charge is 2.47. The Morgan fingerprint density at radius 2 is 2.16 bits per heavy atom. The standard InChI is InChI=1S/C10H18N4O5/c1-2-3-4-12-9(17)5(13-14-11)8-6(15)7(16)10(18)19-8/h5-8,10,15-16,18H,2-4H2,1H3,(H,12,17)/t5-,6-,7-,8-,10?/m1/s1. The van der Waals surface area contributed by atoms with E-state index in [-0.39, 0.29) is 0 Å². The molecule has 0 aromatic rings. The Balaban J connectivity index is 2.72. The van der Waals surface area contributed by atoms with Crippen molar-refractivity contribution in [2.45, 2.75) is 50.4 Å². The second-order valence-electron chi connectivity index (χ2n) is 4.27. The summed E-state index contributed by atoms with van der Waals surface area (Å²) in [4.78, 5) is 14.3. The normalized spacial score (nSPS) is 31.6. The van der Waals surface area contributed by atoms with Crippen molar-refractivity contribution in [1.82, 2.24) is 5.32 Å². The summed E-state index contributed by atoms with van der Waals surface area (Å²) in [5, 5.41) is 34.1. The lowest BCUT2D eigenvalue weighted by Gasteiger charge is -2.20. The number of aliphatic hydroxyl groups is 3. The molecule has 0 aromatic carbocycles. The zero-order valence-electron chi connectivity index (χ0n) is 10.5. The lowest BCUT2D eigenvalue weighted by atomic mass is 10.0. The van der Waals surface area contributed by atoms with Gasteiger partial charge < -0.3 is 25.4 Å². The van der Waals surface area contributed by atoms with Gasteiger partial charge in [-0.3, -0.25) is 4.79 Å². The number of nitrogens with one attached hydrogen (secondary N) is 1. The maximum absolute atomic E-state index is 11.8. The molecular formula is C10H18N4O5. The monoisotopic (exact) mass is 274 g/mol. The van der Waals surface area contributed by atoms with E-state index in [0.717, 1.165) is 12.8 Å². The highest BCUT2D eigenvalue weighted by Crippen LogP contribution is 2.24. The van der Waals surface area contributed by atoms with Crippen molar-refractivity contribution in [1.29, 1.82) is 0 Å². The van der Waals surface area contributed by atoms with Gasteiger partial charge in [0.1, 0.15) is 24.4 Å². The predicted octanol–water partition coefficient (Wildman–Crippen LogP) is -0.979. The molecule has 19 heavy (non-hydrogen) atoms. The summed E-state index contributed by atoms with van der Waals surface area (Å²) < 4.78 is 4.86. The molecule has 9 heteroatoms. The maximum Gasteiger partial charge on any atom is 0.231 e. The van der Waals surface area contributed by atoms with Gasteiger partial charge in [-0.05, 0) is 12.0 Å². The van der Waals surface area contributed by atoms with Crippen molar-refractivity contribution in [2.24, 2.45) is 5.11 Å². The van der Waals surface area contributed by atoms with Crippen LogP contribution in [-0.2, 0) is 9.53 Å². The highest BCUT2D eigenvalue weighted by molar-refractivity contribution is 5.82. The van der Waals surface area contributed by atoms with Crippen LogP contribution >= 0.6 is 0 Å². The number of rotatable bonds is 6. The van der Waals surface area contributed by atoms with Crippen LogP contribution in [0.4, 0.5) is 0 Å². The summed E-state index contributed by atoms with van der Waals surface area (Å²) in [5.41, 5.74) is 8.45. The second kappa shape index (κ2) is 7.27. The number of amides is 1. The molecule has 5 atom stereocenters. The largest absolute Gasteiger partial charge is 0.387 e. The Hall–Kier alpha value is -1.38.